The van der Waals surface area contributed by atoms with E-state index in [0.29, 0.717) is 22.9 Å². The van der Waals surface area contributed by atoms with Crippen LogP contribution in [0.15, 0.2) is 194 Å². The van der Waals surface area contributed by atoms with Crippen molar-refractivity contribution in [3.63, 3.8) is 0 Å². The Hall–Kier alpha value is -6.98. The molecule has 0 amide bonds. The number of hydrogen-bond donors (Lipinski definition) is 2. The van der Waals surface area contributed by atoms with E-state index in [1.807, 2.05) is 84.9 Å². The Labute approximate surface area is 297 Å². The number of nitrogens with zero attached hydrogens (tertiary/aromatic N) is 3. The maximum absolute atomic E-state index is 6.97. The second-order valence-electron chi connectivity index (χ2n) is 12.2. The summed E-state index contributed by atoms with van der Waals surface area (Å²) in [7, 11) is 0. The third-order valence-electron chi connectivity index (χ3n) is 8.98. The van der Waals surface area contributed by atoms with Crippen LogP contribution in [-0.2, 0) is 0 Å². The quantitative estimate of drug-likeness (QED) is 0.187. The molecule has 9 aromatic rings. The highest BCUT2D eigenvalue weighted by Gasteiger charge is 2.22. The smallest absolute Gasteiger partial charge is 0.186 e. The summed E-state index contributed by atoms with van der Waals surface area (Å²) in [5.41, 5.74) is 17.5. The van der Waals surface area contributed by atoms with Crippen molar-refractivity contribution in [3.8, 4) is 39.3 Å². The Morgan fingerprint density at radius 3 is 1.39 bits per heavy atom. The van der Waals surface area contributed by atoms with Crippen molar-refractivity contribution < 1.29 is 0 Å². The number of aromatic nitrogens is 3. The van der Waals surface area contributed by atoms with Crippen LogP contribution in [0, 0.1) is 0 Å². The lowest BCUT2D eigenvalue weighted by atomic mass is 10.0. The van der Waals surface area contributed by atoms with Crippen LogP contribution in [0.1, 0.15) is 0 Å². The largest absolute Gasteiger partial charge is 0.395 e. The lowest BCUT2D eigenvalue weighted by molar-refractivity contribution is 0.963. The van der Waals surface area contributed by atoms with Gasteiger partial charge in [0.2, 0.25) is 0 Å². The Bertz CT molecular complexity index is 2460. The molecule has 51 heavy (non-hydrogen) atoms. The number of benzene rings is 7. The molecule has 0 atom stereocenters. The summed E-state index contributed by atoms with van der Waals surface area (Å²) in [6, 6.07) is 66.0. The predicted octanol–water partition coefficient (Wildman–Crippen LogP) is 11.6. The number of anilines is 3. The van der Waals surface area contributed by atoms with E-state index in [1.165, 1.54) is 11.1 Å². The number of nitrogens with two attached hydrogens (primary N) is 1. The molecular formula is C46H35N5. The zero-order valence-corrected chi connectivity index (χ0v) is 27.9. The third-order valence-corrected chi connectivity index (χ3v) is 8.98. The SMILES string of the molecule is Nc1c(-c2ccccc2)nnc(-n2c3ccccc3c3ccccc32)c1Nc1ccccc1-c1ccccc1.c1ccc(-c2ccccc2)cc1. The van der Waals surface area contributed by atoms with Crippen LogP contribution in [-0.4, -0.2) is 14.8 Å². The van der Waals surface area contributed by atoms with E-state index in [9.17, 15) is 0 Å². The van der Waals surface area contributed by atoms with E-state index in [4.69, 9.17) is 10.8 Å². The molecule has 9 rings (SSSR count). The first-order valence-corrected chi connectivity index (χ1v) is 17.0. The average Bonchev–Trinajstić information content (AvgIpc) is 3.55. The van der Waals surface area contributed by atoms with Crippen LogP contribution < -0.4 is 11.1 Å². The van der Waals surface area contributed by atoms with Crippen LogP contribution in [0.3, 0.4) is 0 Å². The van der Waals surface area contributed by atoms with E-state index in [2.05, 4.69) is 124 Å². The Morgan fingerprint density at radius 2 is 0.843 bits per heavy atom. The van der Waals surface area contributed by atoms with Gasteiger partial charge < -0.3 is 11.1 Å². The molecule has 0 saturated carbocycles. The average molecular weight is 658 g/mol. The van der Waals surface area contributed by atoms with Gasteiger partial charge in [-0.2, -0.15) is 0 Å². The maximum atomic E-state index is 6.97. The minimum Gasteiger partial charge on any atom is -0.395 e. The van der Waals surface area contributed by atoms with Crippen molar-refractivity contribution in [2.24, 2.45) is 0 Å². The van der Waals surface area contributed by atoms with Crippen molar-refractivity contribution in [2.45, 2.75) is 0 Å². The van der Waals surface area contributed by atoms with Crippen LogP contribution in [0.25, 0.3) is 61.1 Å². The Balaban J connectivity index is 0.000000263. The molecule has 2 heterocycles. The molecule has 0 fully saturated rings. The molecule has 244 valence electrons. The second-order valence-corrected chi connectivity index (χ2v) is 12.2. The molecule has 0 aliphatic carbocycles. The van der Waals surface area contributed by atoms with E-state index in [-0.39, 0.29) is 0 Å². The third kappa shape index (κ3) is 6.32. The topological polar surface area (TPSA) is 68.8 Å². The lowest BCUT2D eigenvalue weighted by Gasteiger charge is -2.19. The fraction of sp³-hybridized carbons (Fsp3) is 0. The lowest BCUT2D eigenvalue weighted by Crippen LogP contribution is -2.10. The first kappa shape index (κ1) is 31.3. The van der Waals surface area contributed by atoms with Crippen LogP contribution in [0.5, 0.6) is 0 Å². The summed E-state index contributed by atoms with van der Waals surface area (Å²) in [4.78, 5) is 0. The molecule has 0 saturated heterocycles. The van der Waals surface area contributed by atoms with Gasteiger partial charge in [-0.05, 0) is 34.9 Å². The van der Waals surface area contributed by atoms with Gasteiger partial charge in [-0.1, -0.05) is 176 Å². The van der Waals surface area contributed by atoms with Crippen LogP contribution in [0.2, 0.25) is 0 Å². The van der Waals surface area contributed by atoms with Gasteiger partial charge in [0.25, 0.3) is 0 Å². The highest BCUT2D eigenvalue weighted by atomic mass is 15.2. The summed E-state index contributed by atoms with van der Waals surface area (Å²) in [6.45, 7) is 0. The van der Waals surface area contributed by atoms with E-state index in [0.717, 1.165) is 44.2 Å². The van der Waals surface area contributed by atoms with E-state index >= 15 is 0 Å². The molecule has 0 aliphatic heterocycles. The maximum Gasteiger partial charge on any atom is 0.186 e. The van der Waals surface area contributed by atoms with Gasteiger partial charge in [0, 0.05) is 27.6 Å². The van der Waals surface area contributed by atoms with Crippen molar-refractivity contribution >= 4 is 38.9 Å². The molecule has 0 aliphatic rings. The van der Waals surface area contributed by atoms with Crippen molar-refractivity contribution in [3.05, 3.63) is 194 Å². The summed E-state index contributed by atoms with van der Waals surface area (Å²) in [5, 5.41) is 15.5. The summed E-state index contributed by atoms with van der Waals surface area (Å²) >= 11 is 0. The Morgan fingerprint density at radius 1 is 0.412 bits per heavy atom. The van der Waals surface area contributed by atoms with Gasteiger partial charge in [-0.3, -0.25) is 4.57 Å². The summed E-state index contributed by atoms with van der Waals surface area (Å²) in [5.74, 6) is 0.646. The monoisotopic (exact) mass is 657 g/mol. The van der Waals surface area contributed by atoms with Gasteiger partial charge in [-0.25, -0.2) is 0 Å². The highest BCUT2D eigenvalue weighted by molar-refractivity contribution is 6.10. The molecule has 5 heteroatoms. The normalized spacial score (nSPS) is 10.8. The molecule has 7 aromatic carbocycles. The van der Waals surface area contributed by atoms with Gasteiger partial charge >= 0.3 is 0 Å². The first-order valence-electron chi connectivity index (χ1n) is 17.0. The van der Waals surface area contributed by atoms with E-state index < -0.39 is 0 Å². The zero-order chi connectivity index (χ0) is 34.4. The number of hydrogen-bond acceptors (Lipinski definition) is 4. The standard InChI is InChI=1S/C34H25N5.C12H10/c35-31-32(24-15-5-2-6-16-24)37-38-34(39-29-21-11-8-18-26(29)27-19-9-12-22-30(27)39)33(31)36-28-20-10-7-17-25(28)23-13-3-1-4-14-23;1-3-7-11(8-4-1)12-9-5-2-6-10-12/h1-22H,(H2,35,38)(H,36,37);1-10H. The van der Waals surface area contributed by atoms with Crippen molar-refractivity contribution in [2.75, 3.05) is 11.1 Å². The van der Waals surface area contributed by atoms with E-state index in [1.54, 1.807) is 0 Å². The van der Waals surface area contributed by atoms with Crippen LogP contribution in [0.4, 0.5) is 17.1 Å². The Kier molecular flexibility index (Phi) is 8.74. The first-order chi connectivity index (χ1) is 25.3. The minimum absolute atomic E-state index is 0.538. The number of para-hydroxylation sites is 3. The zero-order valence-electron chi connectivity index (χ0n) is 27.9. The van der Waals surface area contributed by atoms with Gasteiger partial charge in [0.05, 0.1) is 16.7 Å². The number of nitrogen functional groups attached to an aromatic ring is 1. The molecular weight excluding hydrogens is 623 g/mol. The summed E-state index contributed by atoms with van der Waals surface area (Å²) in [6.07, 6.45) is 0. The number of rotatable bonds is 6. The predicted molar refractivity (Wildman–Crippen MR) is 213 cm³/mol. The van der Waals surface area contributed by atoms with Gasteiger partial charge in [0.1, 0.15) is 11.4 Å². The van der Waals surface area contributed by atoms with Gasteiger partial charge in [0.15, 0.2) is 5.82 Å². The number of nitrogens with one attached hydrogen (secondary N) is 1. The molecule has 0 bridgehead atoms. The fourth-order valence-electron chi connectivity index (χ4n) is 6.54. The van der Waals surface area contributed by atoms with Gasteiger partial charge in [-0.15, -0.1) is 10.2 Å². The highest BCUT2D eigenvalue weighted by Crippen LogP contribution is 2.41. The fourth-order valence-corrected chi connectivity index (χ4v) is 6.54. The molecule has 0 radical (unpaired) electrons. The molecule has 2 aromatic heterocycles. The van der Waals surface area contributed by atoms with Crippen LogP contribution >= 0.6 is 0 Å². The summed E-state index contributed by atoms with van der Waals surface area (Å²) < 4.78 is 2.15. The second kappa shape index (κ2) is 14.2. The molecule has 0 spiro atoms. The molecule has 5 nitrogen and oxygen atoms in total. The molecule has 3 N–H and O–H groups in total. The molecule has 0 unspecified atom stereocenters. The van der Waals surface area contributed by atoms with Crippen molar-refractivity contribution in [1.82, 2.24) is 14.8 Å². The minimum atomic E-state index is 0.538. The van der Waals surface area contributed by atoms with Crippen molar-refractivity contribution in [1.29, 1.82) is 0 Å². The number of fused-ring (bicyclic) bond motifs is 3.